The van der Waals surface area contributed by atoms with Crippen LogP contribution in [0.5, 0.6) is 0 Å². The van der Waals surface area contributed by atoms with E-state index in [1.54, 1.807) is 12.4 Å². The minimum absolute atomic E-state index is 0.109. The number of rotatable bonds is 3. The Bertz CT molecular complexity index is 1150. The van der Waals surface area contributed by atoms with Crippen molar-refractivity contribution < 1.29 is 9.18 Å². The second kappa shape index (κ2) is 7.59. The first kappa shape index (κ1) is 22.9. The quantitative estimate of drug-likeness (QED) is 0.727. The van der Waals surface area contributed by atoms with Gasteiger partial charge in [0.05, 0.1) is 6.54 Å². The summed E-state index contributed by atoms with van der Waals surface area (Å²) in [5.41, 5.74) is 7.13. The van der Waals surface area contributed by atoms with Crippen LogP contribution in [0.25, 0.3) is 11.1 Å². The van der Waals surface area contributed by atoms with Gasteiger partial charge in [-0.05, 0) is 73.6 Å². The molecule has 180 valence electrons. The molecule has 2 N–H and O–H groups in total. The number of carbonyl (C=O) groups excluding carboxylic acids is 1. The van der Waals surface area contributed by atoms with Gasteiger partial charge in [-0.3, -0.25) is 9.69 Å². The normalized spacial score (nSPS) is 33.0. The number of nitrogens with two attached hydrogens (primary N) is 1. The summed E-state index contributed by atoms with van der Waals surface area (Å²) in [4.78, 5) is 29.0. The number of amides is 1. The molecular formula is C27H34FN5O. The molecule has 1 aliphatic heterocycles. The van der Waals surface area contributed by atoms with E-state index in [-0.39, 0.29) is 23.8 Å². The van der Waals surface area contributed by atoms with Gasteiger partial charge in [0.2, 0.25) is 0 Å². The van der Waals surface area contributed by atoms with E-state index in [0.717, 1.165) is 41.5 Å². The molecule has 3 aliphatic rings. The summed E-state index contributed by atoms with van der Waals surface area (Å²) in [6.45, 7) is 9.69. The minimum Gasteiger partial charge on any atom is -0.369 e. The van der Waals surface area contributed by atoms with Crippen LogP contribution in [-0.4, -0.2) is 38.9 Å². The summed E-state index contributed by atoms with van der Waals surface area (Å²) in [5.74, 6) is 1.36. The van der Waals surface area contributed by atoms with Crippen LogP contribution in [0.2, 0.25) is 0 Å². The Morgan fingerprint density at radius 1 is 1.12 bits per heavy atom. The summed E-state index contributed by atoms with van der Waals surface area (Å²) in [5, 5.41) is 0. The molecule has 2 spiro atoms. The first-order valence-corrected chi connectivity index (χ1v) is 12.2. The SMILES string of the molecule is CC1[C@H](C)CC2(Cc3ccc(-c4cncnc4)cc3[C@]23N=C(N)N(CC(C)(C)F)C3=O)C[C@@H]1C. The van der Waals surface area contributed by atoms with Crippen molar-refractivity contribution in [1.82, 2.24) is 14.9 Å². The highest BCUT2D eigenvalue weighted by molar-refractivity contribution is 6.08. The third kappa shape index (κ3) is 3.27. The van der Waals surface area contributed by atoms with Crippen molar-refractivity contribution in [1.29, 1.82) is 0 Å². The van der Waals surface area contributed by atoms with E-state index in [4.69, 9.17) is 10.7 Å². The highest BCUT2D eigenvalue weighted by Crippen LogP contribution is 2.64. The number of aromatic nitrogens is 2. The van der Waals surface area contributed by atoms with Gasteiger partial charge >= 0.3 is 0 Å². The van der Waals surface area contributed by atoms with Gasteiger partial charge in [0.1, 0.15) is 12.0 Å². The predicted molar refractivity (Wildman–Crippen MR) is 131 cm³/mol. The third-order valence-electron chi connectivity index (χ3n) is 8.56. The van der Waals surface area contributed by atoms with Crippen LogP contribution in [0, 0.1) is 23.2 Å². The first-order chi connectivity index (χ1) is 16.0. The number of halogens is 1. The van der Waals surface area contributed by atoms with Crippen LogP contribution in [0.4, 0.5) is 4.39 Å². The Kier molecular flexibility index (Phi) is 5.12. The molecular weight excluding hydrogens is 429 g/mol. The lowest BCUT2D eigenvalue weighted by atomic mass is 9.55. The number of alkyl halides is 1. The fourth-order valence-electron chi connectivity index (χ4n) is 6.79. The van der Waals surface area contributed by atoms with Crippen LogP contribution in [0.15, 0.2) is 41.9 Å². The second-order valence-corrected chi connectivity index (χ2v) is 11.5. The van der Waals surface area contributed by atoms with Crippen LogP contribution < -0.4 is 5.73 Å². The monoisotopic (exact) mass is 463 g/mol. The fourth-order valence-corrected chi connectivity index (χ4v) is 6.79. The zero-order valence-electron chi connectivity index (χ0n) is 20.7. The van der Waals surface area contributed by atoms with Gasteiger partial charge in [-0.1, -0.05) is 32.9 Å². The Morgan fingerprint density at radius 2 is 1.76 bits per heavy atom. The zero-order valence-corrected chi connectivity index (χ0v) is 20.7. The van der Waals surface area contributed by atoms with Gasteiger partial charge in [-0.15, -0.1) is 0 Å². The average Bonchev–Trinajstić information content (AvgIpc) is 3.18. The summed E-state index contributed by atoms with van der Waals surface area (Å²) >= 11 is 0. The number of nitrogens with zero attached hydrogens (tertiary/aromatic N) is 4. The number of hydrogen-bond acceptors (Lipinski definition) is 5. The topological polar surface area (TPSA) is 84.5 Å². The zero-order chi connectivity index (χ0) is 24.5. The Balaban J connectivity index is 1.70. The smallest absolute Gasteiger partial charge is 0.262 e. The molecule has 2 unspecified atom stereocenters. The van der Waals surface area contributed by atoms with Gasteiger partial charge in [-0.2, -0.15) is 0 Å². The molecule has 34 heavy (non-hydrogen) atoms. The lowest BCUT2D eigenvalue weighted by molar-refractivity contribution is -0.140. The summed E-state index contributed by atoms with van der Waals surface area (Å²) in [7, 11) is 0. The molecule has 1 amide bonds. The van der Waals surface area contributed by atoms with Crippen molar-refractivity contribution in [2.75, 3.05) is 6.54 Å². The molecule has 0 saturated heterocycles. The van der Waals surface area contributed by atoms with E-state index in [1.807, 2.05) is 0 Å². The molecule has 1 saturated carbocycles. The van der Waals surface area contributed by atoms with Crippen molar-refractivity contribution in [3.63, 3.8) is 0 Å². The Hall–Kier alpha value is -2.83. The molecule has 1 fully saturated rings. The standard InChI is InChI=1S/C27H34FN5O/c1-16-9-26(10-17(2)18(16)3)11-20-7-6-19(21-12-30-15-31-13-21)8-22(20)27(26)23(34)33(24(29)32-27)14-25(4,5)28/h6-8,12-13,15-18H,9-11,14H2,1-5H3,(H2,29,32)/t16-,17+,18?,26?,27-/m1/s1. The van der Waals surface area contributed by atoms with E-state index in [2.05, 4.69) is 48.9 Å². The van der Waals surface area contributed by atoms with Crippen molar-refractivity contribution in [3.05, 3.63) is 48.0 Å². The maximum Gasteiger partial charge on any atom is 0.262 e. The Labute approximate surface area is 200 Å². The van der Waals surface area contributed by atoms with Gasteiger partial charge in [0.15, 0.2) is 11.5 Å². The third-order valence-corrected chi connectivity index (χ3v) is 8.56. The molecule has 2 aromatic rings. The number of aliphatic imine (C=N–C) groups is 1. The molecule has 2 heterocycles. The summed E-state index contributed by atoms with van der Waals surface area (Å²) < 4.78 is 14.7. The average molecular weight is 464 g/mol. The molecule has 5 rings (SSSR count). The molecule has 0 radical (unpaired) electrons. The largest absolute Gasteiger partial charge is 0.369 e. The van der Waals surface area contributed by atoms with Gasteiger partial charge in [-0.25, -0.2) is 19.4 Å². The van der Waals surface area contributed by atoms with Crippen molar-refractivity contribution >= 4 is 11.9 Å². The molecule has 1 aromatic carbocycles. The van der Waals surface area contributed by atoms with E-state index in [1.165, 1.54) is 25.1 Å². The van der Waals surface area contributed by atoms with Crippen LogP contribution in [0.1, 0.15) is 58.6 Å². The molecule has 0 bridgehead atoms. The maximum atomic E-state index is 14.7. The van der Waals surface area contributed by atoms with E-state index in [9.17, 15) is 9.18 Å². The predicted octanol–water partition coefficient (Wildman–Crippen LogP) is 4.49. The molecule has 2 aliphatic carbocycles. The maximum absolute atomic E-state index is 14.7. The number of hydrogen-bond donors (Lipinski definition) is 1. The number of carbonyl (C=O) groups is 1. The molecule has 1 aromatic heterocycles. The molecule has 6 nitrogen and oxygen atoms in total. The number of fused-ring (bicyclic) bond motifs is 3. The minimum atomic E-state index is -1.58. The van der Waals surface area contributed by atoms with Crippen molar-refractivity contribution in [3.8, 4) is 11.1 Å². The van der Waals surface area contributed by atoms with Crippen LogP contribution >= 0.6 is 0 Å². The van der Waals surface area contributed by atoms with E-state index < -0.39 is 11.2 Å². The first-order valence-electron chi connectivity index (χ1n) is 12.2. The Morgan fingerprint density at radius 3 is 2.38 bits per heavy atom. The highest BCUT2D eigenvalue weighted by Gasteiger charge is 2.68. The summed E-state index contributed by atoms with van der Waals surface area (Å²) in [6, 6.07) is 6.24. The summed E-state index contributed by atoms with van der Waals surface area (Å²) in [6.07, 6.45) is 7.57. The number of guanidine groups is 1. The van der Waals surface area contributed by atoms with Crippen LogP contribution in [-0.2, 0) is 16.8 Å². The van der Waals surface area contributed by atoms with Gasteiger partial charge in [0.25, 0.3) is 5.91 Å². The van der Waals surface area contributed by atoms with E-state index in [0.29, 0.717) is 17.8 Å². The lowest BCUT2D eigenvalue weighted by Crippen LogP contribution is -2.55. The van der Waals surface area contributed by atoms with Gasteiger partial charge < -0.3 is 5.73 Å². The van der Waals surface area contributed by atoms with E-state index >= 15 is 0 Å². The lowest BCUT2D eigenvalue weighted by Gasteiger charge is -2.50. The molecule has 5 atom stereocenters. The second-order valence-electron chi connectivity index (χ2n) is 11.5. The van der Waals surface area contributed by atoms with Crippen LogP contribution in [0.3, 0.4) is 0 Å². The fraction of sp³-hybridized carbons (Fsp3) is 0.556. The molecule has 7 heteroatoms. The van der Waals surface area contributed by atoms with Crippen molar-refractivity contribution in [2.24, 2.45) is 33.9 Å². The van der Waals surface area contributed by atoms with Crippen molar-refractivity contribution in [2.45, 2.75) is 65.1 Å². The van der Waals surface area contributed by atoms with Gasteiger partial charge in [0, 0.05) is 23.4 Å². The highest BCUT2D eigenvalue weighted by atomic mass is 19.1. The number of benzene rings is 1.